The minimum atomic E-state index is -0.639. The van der Waals surface area contributed by atoms with Gasteiger partial charge >= 0.3 is 0 Å². The van der Waals surface area contributed by atoms with Gasteiger partial charge in [0.05, 0.1) is 6.04 Å². The van der Waals surface area contributed by atoms with Crippen molar-refractivity contribution >= 4 is 16.7 Å². The molecule has 3 aromatic carbocycles. The third kappa shape index (κ3) is 2.83. The van der Waals surface area contributed by atoms with Crippen LogP contribution in [-0.4, -0.2) is 16.1 Å². The van der Waals surface area contributed by atoms with Crippen molar-refractivity contribution in [3.63, 3.8) is 0 Å². The van der Waals surface area contributed by atoms with Gasteiger partial charge in [-0.05, 0) is 22.9 Å². The maximum absolute atomic E-state index is 11.7. The van der Waals surface area contributed by atoms with Gasteiger partial charge in [-0.3, -0.25) is 4.79 Å². The first kappa shape index (κ1) is 14.9. The lowest BCUT2D eigenvalue weighted by Gasteiger charge is -2.22. The summed E-state index contributed by atoms with van der Waals surface area (Å²) >= 11 is 0. The molecule has 0 aromatic heterocycles. The number of hydrogen-bond donors (Lipinski definition) is 3. The van der Waals surface area contributed by atoms with Crippen molar-refractivity contribution in [2.45, 2.75) is 13.0 Å². The number of phenolic OH excluding ortho intramolecular Hbond substituents is 2. The lowest BCUT2D eigenvalue weighted by atomic mass is 9.92. The van der Waals surface area contributed by atoms with E-state index in [1.54, 1.807) is 30.3 Å². The van der Waals surface area contributed by atoms with Gasteiger partial charge in [0.2, 0.25) is 5.91 Å². The number of hydrogen-bond acceptors (Lipinski definition) is 3. The van der Waals surface area contributed by atoms with Crippen LogP contribution in [0.5, 0.6) is 11.5 Å². The van der Waals surface area contributed by atoms with Gasteiger partial charge in [0.15, 0.2) is 0 Å². The highest BCUT2D eigenvalue weighted by Crippen LogP contribution is 2.38. The van der Waals surface area contributed by atoms with Crippen LogP contribution in [0.25, 0.3) is 10.8 Å². The van der Waals surface area contributed by atoms with Crippen molar-refractivity contribution < 1.29 is 15.0 Å². The second kappa shape index (κ2) is 6.01. The molecular weight excluding hydrogens is 290 g/mol. The predicted molar refractivity (Wildman–Crippen MR) is 89.4 cm³/mol. The minimum Gasteiger partial charge on any atom is -0.508 e. The molecule has 116 valence electrons. The van der Waals surface area contributed by atoms with Crippen molar-refractivity contribution in [3.05, 3.63) is 71.8 Å². The van der Waals surface area contributed by atoms with E-state index < -0.39 is 6.04 Å². The van der Waals surface area contributed by atoms with Gasteiger partial charge < -0.3 is 15.5 Å². The Morgan fingerprint density at radius 1 is 0.913 bits per heavy atom. The molecule has 0 aliphatic heterocycles. The minimum absolute atomic E-state index is 0.0681. The summed E-state index contributed by atoms with van der Waals surface area (Å²) < 4.78 is 0. The van der Waals surface area contributed by atoms with Crippen LogP contribution in [0.2, 0.25) is 0 Å². The molecule has 0 fully saturated rings. The van der Waals surface area contributed by atoms with E-state index in [0.717, 1.165) is 10.8 Å². The standard InChI is InChI=1S/C19H17NO3/c1-12(21)20-19(15-8-4-5-9-16(15)22)18-14-7-3-2-6-13(14)10-11-17(18)23/h2-11,19,22-23H,1H3,(H,20,21)/t19-/m1/s1. The quantitative estimate of drug-likeness (QED) is 0.694. The summed E-state index contributed by atoms with van der Waals surface area (Å²) in [5, 5.41) is 25.2. The van der Waals surface area contributed by atoms with Crippen molar-refractivity contribution in [1.82, 2.24) is 5.32 Å². The number of amides is 1. The zero-order valence-electron chi connectivity index (χ0n) is 12.7. The summed E-state index contributed by atoms with van der Waals surface area (Å²) in [5.74, 6) is -0.102. The zero-order valence-corrected chi connectivity index (χ0v) is 12.7. The van der Waals surface area contributed by atoms with Gasteiger partial charge in [0.25, 0.3) is 0 Å². The second-order valence-corrected chi connectivity index (χ2v) is 5.41. The number of para-hydroxylation sites is 1. The summed E-state index contributed by atoms with van der Waals surface area (Å²) in [6.07, 6.45) is 0. The van der Waals surface area contributed by atoms with Gasteiger partial charge in [0, 0.05) is 18.1 Å². The van der Waals surface area contributed by atoms with Crippen LogP contribution >= 0.6 is 0 Å². The fourth-order valence-electron chi connectivity index (χ4n) is 2.83. The van der Waals surface area contributed by atoms with E-state index in [1.807, 2.05) is 30.3 Å². The van der Waals surface area contributed by atoms with Gasteiger partial charge in [-0.2, -0.15) is 0 Å². The van der Waals surface area contributed by atoms with Crippen molar-refractivity contribution in [1.29, 1.82) is 0 Å². The van der Waals surface area contributed by atoms with Crippen LogP contribution in [0.15, 0.2) is 60.7 Å². The van der Waals surface area contributed by atoms with E-state index in [2.05, 4.69) is 5.32 Å². The molecule has 0 saturated heterocycles. The van der Waals surface area contributed by atoms with Gasteiger partial charge in [-0.25, -0.2) is 0 Å². The Bertz CT molecular complexity index is 873. The molecule has 1 amide bonds. The number of carbonyl (C=O) groups is 1. The average molecular weight is 307 g/mol. The Morgan fingerprint density at radius 3 is 2.35 bits per heavy atom. The summed E-state index contributed by atoms with van der Waals surface area (Å²) in [5.41, 5.74) is 1.11. The number of fused-ring (bicyclic) bond motifs is 1. The number of aromatic hydroxyl groups is 2. The fraction of sp³-hybridized carbons (Fsp3) is 0.105. The first-order valence-corrected chi connectivity index (χ1v) is 7.33. The molecule has 3 rings (SSSR count). The molecule has 23 heavy (non-hydrogen) atoms. The first-order valence-electron chi connectivity index (χ1n) is 7.33. The van der Waals surface area contributed by atoms with Gasteiger partial charge in [-0.15, -0.1) is 0 Å². The molecular formula is C19H17NO3. The van der Waals surface area contributed by atoms with E-state index in [1.165, 1.54) is 6.92 Å². The highest BCUT2D eigenvalue weighted by Gasteiger charge is 2.23. The Hall–Kier alpha value is -3.01. The third-order valence-corrected chi connectivity index (χ3v) is 3.83. The van der Waals surface area contributed by atoms with Crippen molar-refractivity contribution in [3.8, 4) is 11.5 Å². The van der Waals surface area contributed by atoms with Crippen LogP contribution in [0.4, 0.5) is 0 Å². The SMILES string of the molecule is CC(=O)N[C@H](c1ccccc1O)c1c(O)ccc2ccccc12. The van der Waals surface area contributed by atoms with Gasteiger partial charge in [-0.1, -0.05) is 48.5 Å². The molecule has 0 aliphatic rings. The van der Waals surface area contributed by atoms with Crippen LogP contribution in [-0.2, 0) is 4.79 Å². The molecule has 0 heterocycles. The van der Waals surface area contributed by atoms with Crippen molar-refractivity contribution in [2.24, 2.45) is 0 Å². The molecule has 0 radical (unpaired) electrons. The average Bonchev–Trinajstić information content (AvgIpc) is 2.53. The van der Waals surface area contributed by atoms with Crippen molar-refractivity contribution in [2.75, 3.05) is 0 Å². The molecule has 3 N–H and O–H groups in total. The highest BCUT2D eigenvalue weighted by molar-refractivity contribution is 5.89. The zero-order chi connectivity index (χ0) is 16.4. The lowest BCUT2D eigenvalue weighted by Crippen LogP contribution is -2.27. The number of rotatable bonds is 3. The topological polar surface area (TPSA) is 69.6 Å². The predicted octanol–water partition coefficient (Wildman–Crippen LogP) is 3.48. The Kier molecular flexibility index (Phi) is 3.89. The summed E-state index contributed by atoms with van der Waals surface area (Å²) in [4.78, 5) is 11.7. The number of carbonyl (C=O) groups excluding carboxylic acids is 1. The largest absolute Gasteiger partial charge is 0.508 e. The molecule has 0 spiro atoms. The number of phenols is 2. The molecule has 0 saturated carbocycles. The molecule has 4 heteroatoms. The molecule has 0 bridgehead atoms. The normalized spacial score (nSPS) is 12.0. The first-order chi connectivity index (χ1) is 11.1. The maximum Gasteiger partial charge on any atom is 0.217 e. The van der Waals surface area contributed by atoms with Crippen LogP contribution in [0.1, 0.15) is 24.1 Å². The maximum atomic E-state index is 11.7. The van der Waals surface area contributed by atoms with Crippen LogP contribution in [0, 0.1) is 0 Å². The lowest BCUT2D eigenvalue weighted by molar-refractivity contribution is -0.119. The van der Waals surface area contributed by atoms with E-state index in [9.17, 15) is 15.0 Å². The Morgan fingerprint density at radius 2 is 1.61 bits per heavy atom. The third-order valence-electron chi connectivity index (χ3n) is 3.83. The second-order valence-electron chi connectivity index (χ2n) is 5.41. The smallest absolute Gasteiger partial charge is 0.217 e. The fourth-order valence-corrected chi connectivity index (χ4v) is 2.83. The summed E-state index contributed by atoms with van der Waals surface area (Å²) in [6.45, 7) is 1.41. The number of benzene rings is 3. The Balaban J connectivity index is 2.28. The van der Waals surface area contributed by atoms with E-state index in [4.69, 9.17) is 0 Å². The molecule has 0 aliphatic carbocycles. The molecule has 3 aromatic rings. The Labute approximate surface area is 134 Å². The molecule has 1 atom stereocenters. The van der Waals surface area contributed by atoms with Crippen LogP contribution in [0.3, 0.4) is 0 Å². The van der Waals surface area contributed by atoms with E-state index in [0.29, 0.717) is 11.1 Å². The summed E-state index contributed by atoms with van der Waals surface area (Å²) in [6, 6.07) is 17.2. The molecule has 4 nitrogen and oxygen atoms in total. The monoisotopic (exact) mass is 307 g/mol. The van der Waals surface area contributed by atoms with Gasteiger partial charge in [0.1, 0.15) is 11.5 Å². The summed E-state index contributed by atoms with van der Waals surface area (Å²) in [7, 11) is 0. The highest BCUT2D eigenvalue weighted by atomic mass is 16.3. The molecule has 0 unspecified atom stereocenters. The van der Waals surface area contributed by atoms with E-state index >= 15 is 0 Å². The van der Waals surface area contributed by atoms with Crippen LogP contribution < -0.4 is 5.32 Å². The number of nitrogens with one attached hydrogen (secondary N) is 1. The van der Waals surface area contributed by atoms with E-state index in [-0.39, 0.29) is 17.4 Å².